The van der Waals surface area contributed by atoms with E-state index in [9.17, 15) is 22.8 Å². The second kappa shape index (κ2) is 9.33. The first-order valence-electron chi connectivity index (χ1n) is 8.86. The number of anilines is 1. The summed E-state index contributed by atoms with van der Waals surface area (Å²) in [5.74, 6) is -2.63. The Morgan fingerprint density at radius 1 is 0.862 bits per heavy atom. The Kier molecular flexibility index (Phi) is 7.11. The predicted molar refractivity (Wildman–Crippen MR) is 109 cm³/mol. The van der Waals surface area contributed by atoms with E-state index in [-0.39, 0.29) is 23.9 Å². The number of hydrogen-bond donors (Lipinski definition) is 2. The summed E-state index contributed by atoms with van der Waals surface area (Å²) < 4.78 is 26.1. The molecular formula is C20H23N3O5S. The van der Waals surface area contributed by atoms with Gasteiger partial charge in [0.15, 0.2) is 0 Å². The van der Waals surface area contributed by atoms with Crippen LogP contribution in [0.5, 0.6) is 0 Å². The zero-order valence-corrected chi connectivity index (χ0v) is 17.2. The molecule has 3 amide bonds. The molecule has 0 unspecified atom stereocenters. The van der Waals surface area contributed by atoms with Gasteiger partial charge in [0.05, 0.1) is 4.90 Å². The van der Waals surface area contributed by atoms with Crippen LogP contribution in [0, 0.1) is 13.8 Å². The van der Waals surface area contributed by atoms with Crippen LogP contribution in [0.2, 0.25) is 0 Å². The van der Waals surface area contributed by atoms with Crippen LogP contribution < -0.4 is 14.9 Å². The van der Waals surface area contributed by atoms with E-state index in [4.69, 9.17) is 0 Å². The maximum absolute atomic E-state index is 12.2. The molecule has 29 heavy (non-hydrogen) atoms. The average Bonchev–Trinajstić information content (AvgIpc) is 2.65. The highest BCUT2D eigenvalue weighted by Gasteiger charge is 2.22. The van der Waals surface area contributed by atoms with E-state index in [1.165, 1.54) is 24.0 Å². The van der Waals surface area contributed by atoms with Gasteiger partial charge in [-0.25, -0.2) is 13.1 Å². The molecule has 0 spiro atoms. The van der Waals surface area contributed by atoms with Gasteiger partial charge in [0, 0.05) is 25.7 Å². The molecule has 2 aromatic carbocycles. The van der Waals surface area contributed by atoms with Gasteiger partial charge in [0.25, 0.3) is 10.0 Å². The number of carbonyl (C=O) groups is 3. The van der Waals surface area contributed by atoms with Crippen molar-refractivity contribution in [2.45, 2.75) is 25.7 Å². The third kappa shape index (κ3) is 6.15. The lowest BCUT2D eigenvalue weighted by atomic mass is 10.2. The molecule has 0 saturated carbocycles. The summed E-state index contributed by atoms with van der Waals surface area (Å²) >= 11 is 0. The fourth-order valence-electron chi connectivity index (χ4n) is 2.50. The first-order valence-corrected chi connectivity index (χ1v) is 10.3. The highest BCUT2D eigenvalue weighted by atomic mass is 32.2. The van der Waals surface area contributed by atoms with Crippen molar-refractivity contribution in [3.63, 3.8) is 0 Å². The highest BCUT2D eigenvalue weighted by Crippen LogP contribution is 2.15. The van der Waals surface area contributed by atoms with E-state index in [0.717, 1.165) is 11.1 Å². The maximum Gasteiger partial charge on any atom is 0.322 e. The largest absolute Gasteiger partial charge is 0.346 e. The van der Waals surface area contributed by atoms with Crippen LogP contribution >= 0.6 is 0 Å². The van der Waals surface area contributed by atoms with Crippen LogP contribution in [0.3, 0.4) is 0 Å². The first-order chi connectivity index (χ1) is 13.6. The average molecular weight is 417 g/mol. The van der Waals surface area contributed by atoms with E-state index in [1.807, 2.05) is 19.1 Å². The van der Waals surface area contributed by atoms with Crippen molar-refractivity contribution < 1.29 is 22.8 Å². The number of hydrogen-bond acceptors (Lipinski definition) is 5. The monoisotopic (exact) mass is 417 g/mol. The number of nitrogens with zero attached hydrogens (tertiary/aromatic N) is 1. The molecule has 0 bridgehead atoms. The van der Waals surface area contributed by atoms with E-state index in [0.29, 0.717) is 5.69 Å². The normalized spacial score (nSPS) is 10.9. The summed E-state index contributed by atoms with van der Waals surface area (Å²) in [4.78, 5) is 37.1. The topological polar surface area (TPSA) is 113 Å². The Bertz CT molecular complexity index is 999. The zero-order valence-electron chi connectivity index (χ0n) is 16.4. The van der Waals surface area contributed by atoms with Gasteiger partial charge >= 0.3 is 11.8 Å². The van der Waals surface area contributed by atoms with Crippen LogP contribution in [0.15, 0.2) is 53.4 Å². The molecule has 0 radical (unpaired) electrons. The molecule has 0 fully saturated rings. The maximum atomic E-state index is 12.2. The minimum absolute atomic E-state index is 0.0235. The third-order valence-electron chi connectivity index (χ3n) is 4.11. The van der Waals surface area contributed by atoms with Crippen LogP contribution in [0.1, 0.15) is 18.1 Å². The molecule has 8 nitrogen and oxygen atoms in total. The molecule has 154 valence electrons. The lowest BCUT2D eigenvalue weighted by molar-refractivity contribution is -0.138. The van der Waals surface area contributed by atoms with E-state index < -0.39 is 21.8 Å². The van der Waals surface area contributed by atoms with Crippen molar-refractivity contribution in [2.75, 3.05) is 18.0 Å². The Morgan fingerprint density at radius 2 is 1.38 bits per heavy atom. The molecule has 2 rings (SSSR count). The molecular weight excluding hydrogens is 394 g/mol. The fraction of sp³-hybridized carbons (Fsp3) is 0.250. The van der Waals surface area contributed by atoms with Crippen molar-refractivity contribution in [2.24, 2.45) is 0 Å². The summed E-state index contributed by atoms with van der Waals surface area (Å²) in [6.07, 6.45) is 0. The Morgan fingerprint density at radius 3 is 1.90 bits per heavy atom. The number of carbonyl (C=O) groups excluding carboxylic acids is 3. The smallest absolute Gasteiger partial charge is 0.322 e. The van der Waals surface area contributed by atoms with Crippen molar-refractivity contribution >= 4 is 33.4 Å². The van der Waals surface area contributed by atoms with Crippen molar-refractivity contribution in [1.82, 2.24) is 10.0 Å². The van der Waals surface area contributed by atoms with Gasteiger partial charge in [0.2, 0.25) is 5.91 Å². The second-order valence-corrected chi connectivity index (χ2v) is 8.19. The lowest BCUT2D eigenvalue weighted by Crippen LogP contribution is -2.45. The molecule has 0 aliphatic rings. The number of rotatable bonds is 6. The summed E-state index contributed by atoms with van der Waals surface area (Å²) in [5.41, 5.74) is 2.55. The number of nitrogens with one attached hydrogen (secondary N) is 2. The SMILES string of the molecule is CC(=O)N(CCNC(=O)C(=O)NS(=O)(=O)c1ccc(C)cc1)c1ccc(C)cc1. The van der Waals surface area contributed by atoms with E-state index >= 15 is 0 Å². The third-order valence-corrected chi connectivity index (χ3v) is 5.46. The molecule has 0 atom stereocenters. The lowest BCUT2D eigenvalue weighted by Gasteiger charge is -2.21. The van der Waals surface area contributed by atoms with E-state index in [1.54, 1.807) is 35.9 Å². The van der Waals surface area contributed by atoms with Crippen LogP contribution in [-0.4, -0.2) is 39.2 Å². The molecule has 0 saturated heterocycles. The predicted octanol–water partition coefficient (Wildman–Crippen LogP) is 1.28. The second-order valence-electron chi connectivity index (χ2n) is 6.51. The Labute approximate surface area is 170 Å². The molecule has 2 N–H and O–H groups in total. The first kappa shape index (κ1) is 22.1. The van der Waals surface area contributed by atoms with Gasteiger partial charge in [-0.1, -0.05) is 35.4 Å². The summed E-state index contributed by atoms with van der Waals surface area (Å²) in [5, 5.41) is 2.32. The number of benzene rings is 2. The molecule has 0 aliphatic heterocycles. The van der Waals surface area contributed by atoms with Crippen molar-refractivity contribution in [3.05, 3.63) is 59.7 Å². The number of sulfonamides is 1. The fourth-order valence-corrected chi connectivity index (χ4v) is 3.45. The van der Waals surface area contributed by atoms with Gasteiger partial charge in [-0.15, -0.1) is 0 Å². The van der Waals surface area contributed by atoms with Gasteiger partial charge in [-0.3, -0.25) is 14.4 Å². The standard InChI is InChI=1S/C20H23N3O5S/c1-14-4-8-17(9-5-14)23(16(3)24)13-12-21-19(25)20(26)22-29(27,28)18-10-6-15(2)7-11-18/h4-11H,12-13H2,1-3H3,(H,21,25)(H,22,26). The quantitative estimate of drug-likeness (QED) is 0.688. The minimum atomic E-state index is -4.15. The van der Waals surface area contributed by atoms with Gasteiger partial charge in [-0.05, 0) is 38.1 Å². The van der Waals surface area contributed by atoms with Gasteiger partial charge in [-0.2, -0.15) is 0 Å². The van der Waals surface area contributed by atoms with Crippen molar-refractivity contribution in [1.29, 1.82) is 0 Å². The van der Waals surface area contributed by atoms with Gasteiger partial charge in [0.1, 0.15) is 0 Å². The van der Waals surface area contributed by atoms with E-state index in [2.05, 4.69) is 5.32 Å². The summed E-state index contributed by atoms with van der Waals surface area (Å²) in [7, 11) is -4.15. The highest BCUT2D eigenvalue weighted by molar-refractivity contribution is 7.90. The molecule has 0 aromatic heterocycles. The molecule has 9 heteroatoms. The van der Waals surface area contributed by atoms with Crippen LogP contribution in [-0.2, 0) is 24.4 Å². The van der Waals surface area contributed by atoms with Gasteiger partial charge < -0.3 is 10.2 Å². The summed E-state index contributed by atoms with van der Waals surface area (Å²) in [6.45, 7) is 5.21. The molecule has 2 aromatic rings. The molecule has 0 heterocycles. The summed E-state index contributed by atoms with van der Waals surface area (Å²) in [6, 6.07) is 13.1. The zero-order chi connectivity index (χ0) is 21.6. The Hall–Kier alpha value is -3.20. The Balaban J connectivity index is 1.93. The number of amides is 3. The number of aryl methyl sites for hydroxylation is 2. The molecule has 0 aliphatic carbocycles. The van der Waals surface area contributed by atoms with Crippen LogP contribution in [0.4, 0.5) is 5.69 Å². The van der Waals surface area contributed by atoms with Crippen molar-refractivity contribution in [3.8, 4) is 0 Å². The van der Waals surface area contributed by atoms with Crippen LogP contribution in [0.25, 0.3) is 0 Å². The minimum Gasteiger partial charge on any atom is -0.346 e.